The van der Waals surface area contributed by atoms with E-state index in [0.717, 1.165) is 30.8 Å². The number of pyridine rings is 1. The van der Waals surface area contributed by atoms with Gasteiger partial charge in [-0.3, -0.25) is 4.79 Å². The van der Waals surface area contributed by atoms with Gasteiger partial charge in [-0.1, -0.05) is 12.1 Å². The number of carbonyl (C=O) groups excluding carboxylic acids is 1. The molecule has 3 aromatic rings. The highest BCUT2D eigenvalue weighted by Crippen LogP contribution is 2.38. The molecule has 2 aromatic heterocycles. The highest BCUT2D eigenvalue weighted by atomic mass is 16.2. The molecule has 27 heavy (non-hydrogen) atoms. The number of hydrogen-bond acceptors (Lipinski definition) is 3. The van der Waals surface area contributed by atoms with E-state index in [1.165, 1.54) is 30.5 Å². The fourth-order valence-corrected chi connectivity index (χ4v) is 4.45. The Morgan fingerprint density at radius 2 is 1.85 bits per heavy atom. The summed E-state index contributed by atoms with van der Waals surface area (Å²) in [5.41, 5.74) is 4.32. The first-order chi connectivity index (χ1) is 13.3. The van der Waals surface area contributed by atoms with Gasteiger partial charge >= 0.3 is 0 Å². The molecule has 2 aliphatic rings. The van der Waals surface area contributed by atoms with Gasteiger partial charge in [0.1, 0.15) is 5.65 Å². The molecule has 2 aliphatic heterocycles. The average molecular weight is 360 g/mol. The summed E-state index contributed by atoms with van der Waals surface area (Å²) in [5.74, 6) is 0.194. The van der Waals surface area contributed by atoms with Crippen LogP contribution in [0.25, 0.3) is 5.65 Å². The minimum absolute atomic E-state index is 0.0969. The fourth-order valence-electron chi connectivity index (χ4n) is 4.45. The molecule has 1 aromatic carbocycles. The number of amides is 1. The number of aromatic nitrogens is 2. The molecule has 2 fully saturated rings. The zero-order valence-electron chi connectivity index (χ0n) is 15.4. The van der Waals surface area contributed by atoms with Crippen molar-refractivity contribution in [1.29, 1.82) is 0 Å². The molecule has 0 saturated carbocycles. The van der Waals surface area contributed by atoms with Crippen molar-refractivity contribution in [2.45, 2.75) is 38.1 Å². The van der Waals surface area contributed by atoms with Crippen molar-refractivity contribution in [2.24, 2.45) is 0 Å². The molecule has 4 heterocycles. The first-order valence-electron chi connectivity index (χ1n) is 9.89. The van der Waals surface area contributed by atoms with E-state index in [1.54, 1.807) is 6.20 Å². The molecule has 0 bridgehead atoms. The molecule has 2 saturated heterocycles. The number of imidazole rings is 1. The highest BCUT2D eigenvalue weighted by molar-refractivity contribution is 5.96. The summed E-state index contributed by atoms with van der Waals surface area (Å²) < 4.78 is 1.97. The molecular formula is C22H24N4O. The Hall–Kier alpha value is -2.82. The molecule has 1 unspecified atom stereocenters. The van der Waals surface area contributed by atoms with Crippen molar-refractivity contribution in [3.05, 3.63) is 60.6 Å². The Bertz CT molecular complexity index is 973. The van der Waals surface area contributed by atoms with Gasteiger partial charge in [0.25, 0.3) is 0 Å². The minimum Gasteiger partial charge on any atom is -0.372 e. The Labute approximate surface area is 159 Å². The molecule has 0 aliphatic carbocycles. The zero-order chi connectivity index (χ0) is 18.2. The number of rotatable bonds is 3. The van der Waals surface area contributed by atoms with E-state index in [2.05, 4.69) is 34.1 Å². The molecule has 0 radical (unpaired) electrons. The van der Waals surface area contributed by atoms with Crippen LogP contribution >= 0.6 is 0 Å². The second kappa shape index (κ2) is 6.72. The van der Waals surface area contributed by atoms with Crippen LogP contribution < -0.4 is 9.80 Å². The smallest absolute Gasteiger partial charge is 0.227 e. The number of fused-ring (bicyclic) bond motifs is 1. The van der Waals surface area contributed by atoms with Crippen LogP contribution in [0.5, 0.6) is 0 Å². The van der Waals surface area contributed by atoms with Gasteiger partial charge < -0.3 is 14.2 Å². The van der Waals surface area contributed by atoms with Gasteiger partial charge in [-0.05, 0) is 49.4 Å². The predicted octanol–water partition coefficient (Wildman–Crippen LogP) is 4.19. The maximum Gasteiger partial charge on any atom is 0.227 e. The summed E-state index contributed by atoms with van der Waals surface area (Å²) >= 11 is 0. The topological polar surface area (TPSA) is 40.9 Å². The highest BCUT2D eigenvalue weighted by Gasteiger charge is 2.33. The van der Waals surface area contributed by atoms with E-state index in [9.17, 15) is 4.79 Å². The molecule has 1 amide bonds. The second-order valence-corrected chi connectivity index (χ2v) is 7.54. The lowest BCUT2D eigenvalue weighted by atomic mass is 10.0. The van der Waals surface area contributed by atoms with E-state index in [-0.39, 0.29) is 11.9 Å². The number of piperidine rings is 1. The molecule has 5 nitrogen and oxygen atoms in total. The molecule has 0 N–H and O–H groups in total. The summed E-state index contributed by atoms with van der Waals surface area (Å²) in [5, 5.41) is 0. The van der Waals surface area contributed by atoms with Gasteiger partial charge in [0, 0.05) is 55.5 Å². The maximum atomic E-state index is 12.7. The van der Waals surface area contributed by atoms with Gasteiger partial charge in [-0.15, -0.1) is 0 Å². The van der Waals surface area contributed by atoms with Gasteiger partial charge in [-0.25, -0.2) is 4.98 Å². The summed E-state index contributed by atoms with van der Waals surface area (Å²) in [6.07, 6.45) is 11.0. The standard InChI is InChI=1S/C22H24N4O/c27-22-8-7-20(26(22)19-9-13-25-14-10-23-21(25)16-19)17-5-4-6-18(15-17)24-11-2-1-3-12-24/h4-6,9-10,13-16,20H,1-3,7-8,11-12H2. The van der Waals surface area contributed by atoms with Crippen LogP contribution in [0.3, 0.4) is 0 Å². The van der Waals surface area contributed by atoms with E-state index >= 15 is 0 Å². The minimum atomic E-state index is 0.0969. The molecule has 138 valence electrons. The van der Waals surface area contributed by atoms with Crippen LogP contribution in [-0.4, -0.2) is 28.4 Å². The lowest BCUT2D eigenvalue weighted by Gasteiger charge is -2.30. The lowest BCUT2D eigenvalue weighted by Crippen LogP contribution is -2.30. The van der Waals surface area contributed by atoms with Crippen LogP contribution in [0.1, 0.15) is 43.7 Å². The maximum absolute atomic E-state index is 12.7. The van der Waals surface area contributed by atoms with Crippen LogP contribution in [0.4, 0.5) is 11.4 Å². The number of benzene rings is 1. The molecular weight excluding hydrogens is 336 g/mol. The van der Waals surface area contributed by atoms with Gasteiger partial charge in [-0.2, -0.15) is 0 Å². The monoisotopic (exact) mass is 360 g/mol. The molecule has 1 atom stereocenters. The normalized spacial score (nSPS) is 20.6. The SMILES string of the molecule is O=C1CCC(c2cccc(N3CCCCC3)c2)N1c1ccn2ccnc2c1. The summed E-state index contributed by atoms with van der Waals surface area (Å²) in [6, 6.07) is 12.9. The van der Waals surface area contributed by atoms with Crippen molar-refractivity contribution < 1.29 is 4.79 Å². The third-order valence-electron chi connectivity index (χ3n) is 5.85. The molecule has 5 heteroatoms. The van der Waals surface area contributed by atoms with E-state index in [0.29, 0.717) is 6.42 Å². The van der Waals surface area contributed by atoms with Crippen molar-refractivity contribution >= 4 is 22.9 Å². The van der Waals surface area contributed by atoms with E-state index in [4.69, 9.17) is 0 Å². The summed E-state index contributed by atoms with van der Waals surface area (Å²) in [6.45, 7) is 2.26. The van der Waals surface area contributed by atoms with Gasteiger partial charge in [0.15, 0.2) is 0 Å². The van der Waals surface area contributed by atoms with Gasteiger partial charge in [0.05, 0.1) is 6.04 Å². The van der Waals surface area contributed by atoms with Crippen LogP contribution in [0, 0.1) is 0 Å². The lowest BCUT2D eigenvalue weighted by molar-refractivity contribution is -0.117. The van der Waals surface area contributed by atoms with Crippen molar-refractivity contribution in [3.8, 4) is 0 Å². The van der Waals surface area contributed by atoms with Crippen LogP contribution in [0.15, 0.2) is 55.0 Å². The largest absolute Gasteiger partial charge is 0.372 e. The Kier molecular flexibility index (Phi) is 4.07. The molecule has 0 spiro atoms. The van der Waals surface area contributed by atoms with Crippen molar-refractivity contribution in [1.82, 2.24) is 9.38 Å². The first kappa shape index (κ1) is 16.4. The number of nitrogens with zero attached hydrogens (tertiary/aromatic N) is 4. The first-order valence-corrected chi connectivity index (χ1v) is 9.89. The summed E-state index contributed by atoms with van der Waals surface area (Å²) in [7, 11) is 0. The average Bonchev–Trinajstić information content (AvgIpc) is 3.34. The van der Waals surface area contributed by atoms with E-state index < -0.39 is 0 Å². The van der Waals surface area contributed by atoms with E-state index in [1.807, 2.05) is 33.8 Å². The zero-order valence-corrected chi connectivity index (χ0v) is 15.4. The predicted molar refractivity (Wildman–Crippen MR) is 107 cm³/mol. The Balaban J connectivity index is 1.48. The fraction of sp³-hybridized carbons (Fsp3) is 0.364. The Morgan fingerprint density at radius 3 is 2.74 bits per heavy atom. The number of anilines is 2. The van der Waals surface area contributed by atoms with Gasteiger partial charge in [0.2, 0.25) is 5.91 Å². The van der Waals surface area contributed by atoms with Crippen molar-refractivity contribution in [2.75, 3.05) is 22.9 Å². The third kappa shape index (κ3) is 2.97. The molecule has 5 rings (SSSR count). The summed E-state index contributed by atoms with van der Waals surface area (Å²) in [4.78, 5) is 21.5. The second-order valence-electron chi connectivity index (χ2n) is 7.54. The van der Waals surface area contributed by atoms with Crippen molar-refractivity contribution in [3.63, 3.8) is 0 Å². The number of hydrogen-bond donors (Lipinski definition) is 0. The Morgan fingerprint density at radius 1 is 0.963 bits per heavy atom. The van der Waals surface area contributed by atoms with Crippen LogP contribution in [-0.2, 0) is 4.79 Å². The quantitative estimate of drug-likeness (QED) is 0.703. The van der Waals surface area contributed by atoms with Crippen LogP contribution in [0.2, 0.25) is 0 Å². The third-order valence-corrected chi connectivity index (χ3v) is 5.85. The number of carbonyl (C=O) groups is 1.